The Morgan fingerprint density at radius 2 is 1.83 bits per heavy atom. The van der Waals surface area contributed by atoms with Gasteiger partial charge < -0.3 is 14.2 Å². The number of ketones is 1. The van der Waals surface area contributed by atoms with Gasteiger partial charge in [0.2, 0.25) is 5.78 Å². The fourth-order valence-corrected chi connectivity index (χ4v) is 5.30. The summed E-state index contributed by atoms with van der Waals surface area (Å²) in [5.74, 6) is 2.74. The average Bonchev–Trinajstić information content (AvgIpc) is 3.52. The lowest BCUT2D eigenvalue weighted by Crippen LogP contribution is -2.55. The molecule has 2 unspecified atom stereocenters. The van der Waals surface area contributed by atoms with Crippen LogP contribution in [0.2, 0.25) is 0 Å². The van der Waals surface area contributed by atoms with Crippen molar-refractivity contribution in [2.24, 2.45) is 5.92 Å². The molecule has 0 amide bonds. The second-order valence-corrected chi connectivity index (χ2v) is 8.52. The van der Waals surface area contributed by atoms with Crippen molar-refractivity contribution in [3.8, 4) is 11.5 Å². The number of halogens is 1. The van der Waals surface area contributed by atoms with E-state index in [-0.39, 0.29) is 28.2 Å². The summed E-state index contributed by atoms with van der Waals surface area (Å²) >= 11 is 0. The molecule has 1 heterocycles. The normalized spacial score (nSPS) is 27.7. The van der Waals surface area contributed by atoms with Gasteiger partial charge in [-0.15, -0.1) is 17.0 Å². The molecule has 0 N–H and O–H groups in total. The molecular weight excluding hydrogens is 434 g/mol. The predicted molar refractivity (Wildman–Crippen MR) is 116 cm³/mol. The highest BCUT2D eigenvalue weighted by molar-refractivity contribution is 8.93. The van der Waals surface area contributed by atoms with Crippen LogP contribution in [0.3, 0.4) is 0 Å². The monoisotopic (exact) mass is 461 g/mol. The molecule has 1 aromatic rings. The molecule has 156 valence electrons. The molecule has 6 heteroatoms. The van der Waals surface area contributed by atoms with E-state index in [0.717, 1.165) is 43.3 Å². The number of hydrogen-bond donors (Lipinski definition) is 0. The molecule has 29 heavy (non-hydrogen) atoms. The van der Waals surface area contributed by atoms with Crippen LogP contribution in [0.15, 0.2) is 35.6 Å². The Labute approximate surface area is 182 Å². The van der Waals surface area contributed by atoms with Crippen molar-refractivity contribution in [2.45, 2.75) is 37.1 Å². The number of rotatable bonds is 5. The molecule has 1 spiro atoms. The largest absolute Gasteiger partial charge is 0.493 e. The summed E-state index contributed by atoms with van der Waals surface area (Å²) in [5, 5.41) is 0. The maximum Gasteiger partial charge on any atom is 0.220 e. The fraction of sp³-hybridized carbons (Fsp3) is 0.522. The predicted octanol–water partition coefficient (Wildman–Crippen LogP) is 3.60. The van der Waals surface area contributed by atoms with Crippen LogP contribution in [-0.2, 0) is 21.4 Å². The summed E-state index contributed by atoms with van der Waals surface area (Å²) in [6, 6.07) is 4.69. The van der Waals surface area contributed by atoms with E-state index in [1.165, 1.54) is 29.5 Å². The van der Waals surface area contributed by atoms with Gasteiger partial charge in [0.15, 0.2) is 17.3 Å². The lowest BCUT2D eigenvalue weighted by Gasteiger charge is -2.52. The summed E-state index contributed by atoms with van der Waals surface area (Å²) in [5.41, 5.74) is 3.39. The van der Waals surface area contributed by atoms with Gasteiger partial charge in [0, 0.05) is 24.5 Å². The number of piperidine rings is 1. The highest BCUT2D eigenvalue weighted by atomic mass is 79.9. The van der Waals surface area contributed by atoms with Gasteiger partial charge in [0.05, 0.1) is 21.3 Å². The van der Waals surface area contributed by atoms with E-state index in [4.69, 9.17) is 14.2 Å². The summed E-state index contributed by atoms with van der Waals surface area (Å²) in [6.45, 7) is 1.99. The topological polar surface area (TPSA) is 48.0 Å². The molecule has 5 rings (SSSR count). The third-order valence-electron chi connectivity index (χ3n) is 6.90. The number of carbonyl (C=O) groups excluding carboxylic acids is 1. The Kier molecular flexibility index (Phi) is 5.28. The fourth-order valence-electron chi connectivity index (χ4n) is 5.30. The van der Waals surface area contributed by atoms with E-state index in [2.05, 4.69) is 23.1 Å². The van der Waals surface area contributed by atoms with Crippen LogP contribution in [-0.4, -0.2) is 51.1 Å². The van der Waals surface area contributed by atoms with Crippen molar-refractivity contribution in [1.29, 1.82) is 0 Å². The number of fused-ring (bicyclic) bond motifs is 2. The van der Waals surface area contributed by atoms with E-state index >= 15 is 0 Å². The van der Waals surface area contributed by atoms with Crippen LogP contribution in [0, 0.1) is 5.92 Å². The maximum absolute atomic E-state index is 12.6. The number of allylic oxidation sites excluding steroid dienone is 2. The molecule has 1 saturated heterocycles. The first kappa shape index (κ1) is 20.5. The van der Waals surface area contributed by atoms with Gasteiger partial charge in [0.1, 0.15) is 0 Å². The SMILES string of the molecule is Br.COC1=CC23CC(Cc4cc(OC)c(OC)cc42)N(CC2CC2)CC3=CC1=O. The van der Waals surface area contributed by atoms with Crippen molar-refractivity contribution in [3.63, 3.8) is 0 Å². The van der Waals surface area contributed by atoms with Crippen molar-refractivity contribution in [2.75, 3.05) is 34.4 Å². The number of benzene rings is 1. The Bertz CT molecular complexity index is 904. The lowest BCUT2D eigenvalue weighted by molar-refractivity contribution is -0.114. The third-order valence-corrected chi connectivity index (χ3v) is 6.90. The molecule has 2 fully saturated rings. The molecule has 2 atom stereocenters. The van der Waals surface area contributed by atoms with Crippen molar-refractivity contribution in [1.82, 2.24) is 4.90 Å². The van der Waals surface area contributed by atoms with E-state index in [1.807, 2.05) is 6.08 Å². The van der Waals surface area contributed by atoms with Gasteiger partial charge in [-0.25, -0.2) is 0 Å². The second kappa shape index (κ2) is 7.47. The second-order valence-electron chi connectivity index (χ2n) is 8.52. The summed E-state index contributed by atoms with van der Waals surface area (Å²) in [4.78, 5) is 15.2. The quantitative estimate of drug-likeness (QED) is 0.670. The molecule has 1 aliphatic heterocycles. The van der Waals surface area contributed by atoms with Crippen molar-refractivity contribution >= 4 is 22.8 Å². The first-order valence-corrected chi connectivity index (χ1v) is 10.1. The first-order valence-electron chi connectivity index (χ1n) is 10.1. The standard InChI is InChI=1S/C23H27NO4.BrH/c1-26-20-7-15-6-17-10-23(18(15)9-21(20)27-2)11-22(28-3)19(25)8-16(23)13-24(17)12-14-4-5-14;/h7-9,11,14,17H,4-6,10,12-13H2,1-3H3;1H. The van der Waals surface area contributed by atoms with E-state index in [0.29, 0.717) is 11.8 Å². The van der Waals surface area contributed by atoms with Crippen LogP contribution in [0.4, 0.5) is 0 Å². The highest BCUT2D eigenvalue weighted by Gasteiger charge is 2.51. The minimum atomic E-state index is -0.295. The molecule has 0 radical (unpaired) electrons. The number of likely N-dealkylation sites (tertiary alicyclic amines) is 1. The maximum atomic E-state index is 12.6. The zero-order chi connectivity index (χ0) is 19.5. The Morgan fingerprint density at radius 1 is 1.10 bits per heavy atom. The molecule has 2 bridgehead atoms. The van der Waals surface area contributed by atoms with Crippen LogP contribution in [0.25, 0.3) is 0 Å². The van der Waals surface area contributed by atoms with Crippen LogP contribution in [0.5, 0.6) is 11.5 Å². The summed E-state index contributed by atoms with van der Waals surface area (Å²) in [6.07, 6.45) is 8.54. The van der Waals surface area contributed by atoms with Gasteiger partial charge in [-0.1, -0.05) is 0 Å². The molecule has 1 saturated carbocycles. The van der Waals surface area contributed by atoms with Gasteiger partial charge in [-0.05, 0) is 72.6 Å². The van der Waals surface area contributed by atoms with Crippen molar-refractivity contribution < 1.29 is 19.0 Å². The van der Waals surface area contributed by atoms with Crippen LogP contribution < -0.4 is 9.47 Å². The molecule has 0 aromatic heterocycles. The molecule has 3 aliphatic carbocycles. The Hall–Kier alpha value is -1.79. The Morgan fingerprint density at radius 3 is 2.48 bits per heavy atom. The van der Waals surface area contributed by atoms with Gasteiger partial charge in [-0.3, -0.25) is 9.69 Å². The third kappa shape index (κ3) is 3.21. The van der Waals surface area contributed by atoms with Crippen molar-refractivity contribution in [3.05, 3.63) is 46.7 Å². The van der Waals surface area contributed by atoms with Crippen LogP contribution in [0.1, 0.15) is 30.4 Å². The highest BCUT2D eigenvalue weighted by Crippen LogP contribution is 2.53. The Balaban J connectivity index is 0.00000205. The van der Waals surface area contributed by atoms with E-state index < -0.39 is 0 Å². The minimum absolute atomic E-state index is 0. The average molecular weight is 462 g/mol. The molecule has 4 aliphatic rings. The van der Waals surface area contributed by atoms with Gasteiger partial charge >= 0.3 is 0 Å². The zero-order valence-corrected chi connectivity index (χ0v) is 18.9. The first-order chi connectivity index (χ1) is 13.6. The molecule has 1 aromatic carbocycles. The lowest BCUT2D eigenvalue weighted by atomic mass is 9.59. The molecule has 5 nitrogen and oxygen atoms in total. The van der Waals surface area contributed by atoms with E-state index in [1.54, 1.807) is 21.3 Å². The number of carbonyl (C=O) groups is 1. The van der Waals surface area contributed by atoms with Gasteiger partial charge in [0.25, 0.3) is 0 Å². The number of nitrogens with zero attached hydrogens (tertiary/aromatic N) is 1. The zero-order valence-electron chi connectivity index (χ0n) is 17.2. The van der Waals surface area contributed by atoms with E-state index in [9.17, 15) is 4.79 Å². The molecular formula is C23H28BrNO4. The number of ether oxygens (including phenoxy) is 3. The summed E-state index contributed by atoms with van der Waals surface area (Å²) < 4.78 is 16.6. The van der Waals surface area contributed by atoms with Gasteiger partial charge in [-0.2, -0.15) is 0 Å². The summed E-state index contributed by atoms with van der Waals surface area (Å²) in [7, 11) is 4.93. The number of hydrogen-bond acceptors (Lipinski definition) is 5. The minimum Gasteiger partial charge on any atom is -0.493 e. The van der Waals surface area contributed by atoms with Crippen LogP contribution >= 0.6 is 17.0 Å². The smallest absolute Gasteiger partial charge is 0.220 e. The number of methoxy groups -OCH3 is 3.